The van der Waals surface area contributed by atoms with Crippen molar-refractivity contribution in [1.82, 2.24) is 5.32 Å². The number of para-hydroxylation sites is 1. The molecule has 1 rings (SSSR count). The van der Waals surface area contributed by atoms with Gasteiger partial charge in [0.1, 0.15) is 18.5 Å². The molecule has 0 fully saturated rings. The molecule has 0 heterocycles. The van der Waals surface area contributed by atoms with Crippen molar-refractivity contribution in [2.45, 2.75) is 32.8 Å². The Kier molecular flexibility index (Phi) is 7.59. The quantitative estimate of drug-likeness (QED) is 0.612. The van der Waals surface area contributed by atoms with E-state index in [1.165, 1.54) is 0 Å². The zero-order valence-corrected chi connectivity index (χ0v) is 12.5. The normalized spacial score (nSPS) is 13.2. The van der Waals surface area contributed by atoms with Crippen LogP contribution in [0, 0.1) is 5.41 Å². The van der Waals surface area contributed by atoms with Crippen LogP contribution in [0.5, 0.6) is 5.75 Å². The highest BCUT2D eigenvalue weighted by Crippen LogP contribution is 2.24. The first kappa shape index (κ1) is 17.0. The molecule has 20 heavy (non-hydrogen) atoms. The van der Waals surface area contributed by atoms with Crippen LogP contribution >= 0.6 is 0 Å². The lowest BCUT2D eigenvalue weighted by molar-refractivity contribution is 0.0863. The Labute approximate surface area is 121 Å². The number of aliphatic hydroxyl groups is 2. The van der Waals surface area contributed by atoms with Gasteiger partial charge in [-0.05, 0) is 25.0 Å². The number of nitrogens with one attached hydrogen (secondary N) is 1. The van der Waals surface area contributed by atoms with E-state index in [1.807, 2.05) is 30.3 Å². The average Bonchev–Trinajstić information content (AvgIpc) is 2.51. The Balaban J connectivity index is 2.24. The van der Waals surface area contributed by atoms with E-state index in [2.05, 4.69) is 19.2 Å². The number of rotatable bonds is 10. The first-order valence-electron chi connectivity index (χ1n) is 7.33. The van der Waals surface area contributed by atoms with Gasteiger partial charge < -0.3 is 20.3 Å². The molecule has 1 aromatic rings. The first-order chi connectivity index (χ1) is 9.65. The van der Waals surface area contributed by atoms with E-state index in [0.717, 1.165) is 18.6 Å². The summed E-state index contributed by atoms with van der Waals surface area (Å²) in [5, 5.41) is 22.6. The van der Waals surface area contributed by atoms with Crippen LogP contribution in [0.3, 0.4) is 0 Å². The van der Waals surface area contributed by atoms with E-state index in [4.69, 9.17) is 4.74 Å². The summed E-state index contributed by atoms with van der Waals surface area (Å²) in [7, 11) is 0. The monoisotopic (exact) mass is 281 g/mol. The van der Waals surface area contributed by atoms with Gasteiger partial charge in [-0.15, -0.1) is 0 Å². The molecule has 4 nitrogen and oxygen atoms in total. The van der Waals surface area contributed by atoms with Crippen LogP contribution in [0.25, 0.3) is 0 Å². The second kappa shape index (κ2) is 8.95. The SMILES string of the molecule is CCC(CC)(CO)CNCC(O)COc1ccccc1. The predicted octanol–water partition coefficient (Wildman–Crippen LogP) is 1.81. The zero-order chi connectivity index (χ0) is 14.8. The highest BCUT2D eigenvalue weighted by molar-refractivity contribution is 5.20. The molecular formula is C16H27NO3. The van der Waals surface area contributed by atoms with E-state index in [0.29, 0.717) is 13.1 Å². The number of hydrogen-bond donors (Lipinski definition) is 3. The van der Waals surface area contributed by atoms with Crippen LogP contribution < -0.4 is 10.1 Å². The number of benzene rings is 1. The van der Waals surface area contributed by atoms with E-state index >= 15 is 0 Å². The molecule has 114 valence electrons. The molecule has 0 aliphatic heterocycles. The molecule has 1 unspecified atom stereocenters. The molecule has 3 N–H and O–H groups in total. The van der Waals surface area contributed by atoms with E-state index < -0.39 is 6.10 Å². The fraction of sp³-hybridized carbons (Fsp3) is 0.625. The lowest BCUT2D eigenvalue weighted by Gasteiger charge is -2.30. The first-order valence-corrected chi connectivity index (χ1v) is 7.33. The van der Waals surface area contributed by atoms with Gasteiger partial charge in [0.25, 0.3) is 0 Å². The summed E-state index contributed by atoms with van der Waals surface area (Å²) in [6, 6.07) is 9.46. The summed E-state index contributed by atoms with van der Waals surface area (Å²) in [5.74, 6) is 0.762. The number of ether oxygens (including phenoxy) is 1. The fourth-order valence-corrected chi connectivity index (χ4v) is 2.05. The van der Waals surface area contributed by atoms with Gasteiger partial charge in [0, 0.05) is 25.1 Å². The third-order valence-corrected chi connectivity index (χ3v) is 3.90. The molecule has 0 aromatic heterocycles. The molecule has 0 amide bonds. The topological polar surface area (TPSA) is 61.7 Å². The molecule has 0 saturated heterocycles. The van der Waals surface area contributed by atoms with Crippen LogP contribution in [-0.4, -0.2) is 42.6 Å². The van der Waals surface area contributed by atoms with E-state index in [-0.39, 0.29) is 18.6 Å². The van der Waals surface area contributed by atoms with Gasteiger partial charge in [-0.2, -0.15) is 0 Å². The Bertz CT molecular complexity index is 344. The van der Waals surface area contributed by atoms with Crippen LogP contribution in [0.15, 0.2) is 30.3 Å². The minimum Gasteiger partial charge on any atom is -0.491 e. The van der Waals surface area contributed by atoms with Gasteiger partial charge in [0.15, 0.2) is 0 Å². The van der Waals surface area contributed by atoms with Gasteiger partial charge in [-0.25, -0.2) is 0 Å². The summed E-state index contributed by atoms with van der Waals surface area (Å²) in [6.45, 7) is 5.77. The van der Waals surface area contributed by atoms with Crippen molar-refractivity contribution in [2.75, 3.05) is 26.3 Å². The lowest BCUT2D eigenvalue weighted by Crippen LogP contribution is -2.40. The molecule has 1 aromatic carbocycles. The van der Waals surface area contributed by atoms with Crippen molar-refractivity contribution in [3.63, 3.8) is 0 Å². The molecule has 0 bridgehead atoms. The van der Waals surface area contributed by atoms with Gasteiger partial charge >= 0.3 is 0 Å². The molecular weight excluding hydrogens is 254 g/mol. The van der Waals surface area contributed by atoms with Crippen LogP contribution in [0.1, 0.15) is 26.7 Å². The second-order valence-corrected chi connectivity index (χ2v) is 5.27. The highest BCUT2D eigenvalue weighted by atomic mass is 16.5. The number of aliphatic hydroxyl groups excluding tert-OH is 2. The third-order valence-electron chi connectivity index (χ3n) is 3.90. The molecule has 0 saturated carbocycles. The van der Waals surface area contributed by atoms with E-state index in [1.54, 1.807) is 0 Å². The Morgan fingerprint density at radius 2 is 1.85 bits per heavy atom. The second-order valence-electron chi connectivity index (χ2n) is 5.27. The van der Waals surface area contributed by atoms with Crippen molar-refractivity contribution in [2.24, 2.45) is 5.41 Å². The van der Waals surface area contributed by atoms with Gasteiger partial charge in [0.05, 0.1) is 0 Å². The Hall–Kier alpha value is -1.10. The van der Waals surface area contributed by atoms with Crippen LogP contribution in [-0.2, 0) is 0 Å². The van der Waals surface area contributed by atoms with Gasteiger partial charge in [-0.3, -0.25) is 0 Å². The van der Waals surface area contributed by atoms with Crippen LogP contribution in [0.4, 0.5) is 0 Å². The molecule has 0 radical (unpaired) electrons. The lowest BCUT2D eigenvalue weighted by atomic mass is 9.83. The summed E-state index contributed by atoms with van der Waals surface area (Å²) < 4.78 is 5.49. The summed E-state index contributed by atoms with van der Waals surface area (Å²) in [4.78, 5) is 0. The fourth-order valence-electron chi connectivity index (χ4n) is 2.05. The molecule has 0 spiro atoms. The maximum absolute atomic E-state index is 9.88. The smallest absolute Gasteiger partial charge is 0.119 e. The molecule has 4 heteroatoms. The molecule has 0 aliphatic carbocycles. The largest absolute Gasteiger partial charge is 0.491 e. The number of hydrogen-bond acceptors (Lipinski definition) is 4. The Morgan fingerprint density at radius 1 is 1.20 bits per heavy atom. The maximum Gasteiger partial charge on any atom is 0.119 e. The third kappa shape index (κ3) is 5.49. The summed E-state index contributed by atoms with van der Waals surface area (Å²) in [6.07, 6.45) is 1.29. The molecule has 1 atom stereocenters. The predicted molar refractivity (Wildman–Crippen MR) is 80.9 cm³/mol. The minimum atomic E-state index is -0.555. The highest BCUT2D eigenvalue weighted by Gasteiger charge is 2.24. The van der Waals surface area contributed by atoms with Gasteiger partial charge in [-0.1, -0.05) is 32.0 Å². The maximum atomic E-state index is 9.88. The van der Waals surface area contributed by atoms with Crippen LogP contribution in [0.2, 0.25) is 0 Å². The Morgan fingerprint density at radius 3 is 2.40 bits per heavy atom. The standard InChI is InChI=1S/C16H27NO3/c1-3-16(4-2,13-18)12-17-10-14(19)11-20-15-8-6-5-7-9-15/h5-9,14,17-19H,3-4,10-13H2,1-2H3. The van der Waals surface area contributed by atoms with E-state index in [9.17, 15) is 10.2 Å². The van der Waals surface area contributed by atoms with Gasteiger partial charge in [0.2, 0.25) is 0 Å². The summed E-state index contributed by atoms with van der Waals surface area (Å²) >= 11 is 0. The molecule has 0 aliphatic rings. The van der Waals surface area contributed by atoms with Crippen molar-refractivity contribution < 1.29 is 14.9 Å². The van der Waals surface area contributed by atoms with Crippen molar-refractivity contribution in [3.8, 4) is 5.75 Å². The zero-order valence-electron chi connectivity index (χ0n) is 12.5. The average molecular weight is 281 g/mol. The van der Waals surface area contributed by atoms with Crippen molar-refractivity contribution in [1.29, 1.82) is 0 Å². The van der Waals surface area contributed by atoms with Crippen molar-refractivity contribution in [3.05, 3.63) is 30.3 Å². The van der Waals surface area contributed by atoms with Crippen molar-refractivity contribution >= 4 is 0 Å². The summed E-state index contributed by atoms with van der Waals surface area (Å²) in [5.41, 5.74) is -0.0833. The minimum absolute atomic E-state index is 0.0833.